The number of nitrogens with one attached hydrogen (secondary N) is 1. The van der Waals surface area contributed by atoms with E-state index in [0.29, 0.717) is 6.54 Å². The predicted molar refractivity (Wildman–Crippen MR) is 84.4 cm³/mol. The number of hydrazine groups is 1. The van der Waals surface area contributed by atoms with Crippen molar-refractivity contribution in [2.75, 3.05) is 24.6 Å². The summed E-state index contributed by atoms with van der Waals surface area (Å²) in [4.78, 5) is 23.9. The van der Waals surface area contributed by atoms with E-state index in [1.165, 1.54) is 0 Å². The number of amides is 2. The molecule has 0 atom stereocenters. The molecule has 1 N–H and O–H groups in total. The lowest BCUT2D eigenvalue weighted by Gasteiger charge is -2.30. The summed E-state index contributed by atoms with van der Waals surface area (Å²) in [6.45, 7) is 6.73. The molecular formula is C16H23N3O3. The second-order valence-corrected chi connectivity index (χ2v) is 6.18. The maximum atomic E-state index is 12.3. The lowest BCUT2D eigenvalue weighted by atomic mass is 10.2. The Kier molecular flexibility index (Phi) is 4.90. The molecule has 2 amide bonds. The van der Waals surface area contributed by atoms with Gasteiger partial charge in [0.1, 0.15) is 12.1 Å². The Morgan fingerprint density at radius 2 is 1.86 bits per heavy atom. The van der Waals surface area contributed by atoms with Gasteiger partial charge in [0.05, 0.1) is 5.69 Å². The minimum atomic E-state index is -0.577. The van der Waals surface area contributed by atoms with Crippen molar-refractivity contribution in [3.05, 3.63) is 30.3 Å². The molecule has 0 saturated carbocycles. The molecule has 120 valence electrons. The third-order valence-corrected chi connectivity index (χ3v) is 3.16. The van der Waals surface area contributed by atoms with Crippen molar-refractivity contribution in [2.45, 2.75) is 32.8 Å². The normalized spacial score (nSPS) is 14.9. The van der Waals surface area contributed by atoms with Gasteiger partial charge in [0.15, 0.2) is 0 Å². The van der Waals surface area contributed by atoms with Crippen LogP contribution in [-0.4, -0.2) is 42.2 Å². The number of alkyl carbamates (subject to hydrolysis) is 1. The van der Waals surface area contributed by atoms with Crippen LogP contribution < -0.4 is 10.3 Å². The fourth-order valence-electron chi connectivity index (χ4n) is 2.29. The number of anilines is 1. The van der Waals surface area contributed by atoms with E-state index in [-0.39, 0.29) is 12.5 Å². The molecule has 6 heteroatoms. The van der Waals surface area contributed by atoms with E-state index in [1.807, 2.05) is 35.3 Å². The minimum Gasteiger partial charge on any atom is -0.444 e. The number of hydrogen-bond acceptors (Lipinski definition) is 4. The standard InChI is InChI=1S/C16H23N3O3/c1-16(2,3)22-15(21)17-12-14(20)19-11-7-10-18(19)13-8-5-4-6-9-13/h4-6,8-9H,7,10-12H2,1-3H3,(H,17,21). The number of carbonyl (C=O) groups is 2. The van der Waals surface area contributed by atoms with Crippen LogP contribution >= 0.6 is 0 Å². The van der Waals surface area contributed by atoms with Gasteiger partial charge < -0.3 is 10.1 Å². The van der Waals surface area contributed by atoms with Crippen molar-refractivity contribution < 1.29 is 14.3 Å². The third kappa shape index (κ3) is 4.38. The van der Waals surface area contributed by atoms with Crippen LogP contribution in [0.5, 0.6) is 0 Å². The van der Waals surface area contributed by atoms with Gasteiger partial charge in [-0.25, -0.2) is 4.79 Å². The number of ether oxygens (including phenoxy) is 1. The van der Waals surface area contributed by atoms with E-state index < -0.39 is 11.7 Å². The van der Waals surface area contributed by atoms with Crippen LogP contribution in [0.25, 0.3) is 0 Å². The predicted octanol–water partition coefficient (Wildman–Crippen LogP) is 2.17. The van der Waals surface area contributed by atoms with Crippen LogP contribution in [-0.2, 0) is 9.53 Å². The molecule has 0 bridgehead atoms. The zero-order chi connectivity index (χ0) is 16.2. The van der Waals surface area contributed by atoms with Gasteiger partial charge >= 0.3 is 6.09 Å². The van der Waals surface area contributed by atoms with Gasteiger partial charge in [-0.15, -0.1) is 0 Å². The monoisotopic (exact) mass is 305 g/mol. The van der Waals surface area contributed by atoms with Crippen molar-refractivity contribution in [1.29, 1.82) is 0 Å². The van der Waals surface area contributed by atoms with E-state index in [1.54, 1.807) is 25.8 Å². The zero-order valence-electron chi connectivity index (χ0n) is 13.3. The maximum Gasteiger partial charge on any atom is 0.408 e. The first-order chi connectivity index (χ1) is 10.4. The fourth-order valence-corrected chi connectivity index (χ4v) is 2.29. The highest BCUT2D eigenvalue weighted by molar-refractivity contribution is 5.84. The average molecular weight is 305 g/mol. The lowest BCUT2D eigenvalue weighted by Crippen LogP contribution is -2.47. The fraction of sp³-hybridized carbons (Fsp3) is 0.500. The summed E-state index contributed by atoms with van der Waals surface area (Å²) in [7, 11) is 0. The molecule has 0 aliphatic carbocycles. The van der Waals surface area contributed by atoms with E-state index in [9.17, 15) is 9.59 Å². The van der Waals surface area contributed by atoms with Gasteiger partial charge in [-0.1, -0.05) is 18.2 Å². The summed E-state index contributed by atoms with van der Waals surface area (Å²) in [5, 5.41) is 6.13. The van der Waals surface area contributed by atoms with Gasteiger partial charge in [-0.3, -0.25) is 14.8 Å². The van der Waals surface area contributed by atoms with E-state index in [4.69, 9.17) is 4.74 Å². The minimum absolute atomic E-state index is 0.0712. The van der Waals surface area contributed by atoms with E-state index >= 15 is 0 Å². The maximum absolute atomic E-state index is 12.3. The first kappa shape index (κ1) is 16.1. The van der Waals surface area contributed by atoms with Gasteiger partial charge in [-0.05, 0) is 39.3 Å². The molecule has 22 heavy (non-hydrogen) atoms. The van der Waals surface area contributed by atoms with Crippen molar-refractivity contribution in [1.82, 2.24) is 10.3 Å². The van der Waals surface area contributed by atoms with E-state index in [2.05, 4.69) is 5.32 Å². The molecule has 1 saturated heterocycles. The second-order valence-electron chi connectivity index (χ2n) is 6.18. The van der Waals surface area contributed by atoms with Crippen LogP contribution in [0.2, 0.25) is 0 Å². The molecule has 1 aromatic carbocycles. The molecule has 1 aliphatic rings. The quantitative estimate of drug-likeness (QED) is 0.929. The first-order valence-electron chi connectivity index (χ1n) is 7.46. The van der Waals surface area contributed by atoms with Crippen molar-refractivity contribution in [3.8, 4) is 0 Å². The highest BCUT2D eigenvalue weighted by Crippen LogP contribution is 2.21. The smallest absolute Gasteiger partial charge is 0.408 e. The molecule has 6 nitrogen and oxygen atoms in total. The highest BCUT2D eigenvalue weighted by Gasteiger charge is 2.27. The van der Waals surface area contributed by atoms with Crippen LogP contribution in [0.1, 0.15) is 27.2 Å². The number of benzene rings is 1. The van der Waals surface area contributed by atoms with Crippen molar-refractivity contribution >= 4 is 17.7 Å². The third-order valence-electron chi connectivity index (χ3n) is 3.16. The summed E-state index contributed by atoms with van der Waals surface area (Å²) in [5.74, 6) is -0.146. The Morgan fingerprint density at radius 3 is 2.50 bits per heavy atom. The lowest BCUT2D eigenvalue weighted by molar-refractivity contribution is -0.129. The molecule has 1 fully saturated rings. The molecule has 0 radical (unpaired) electrons. The summed E-state index contributed by atoms with van der Waals surface area (Å²) in [5.41, 5.74) is 0.405. The SMILES string of the molecule is CC(C)(C)OC(=O)NCC(=O)N1CCCN1c1ccccc1. The Bertz CT molecular complexity index is 525. The van der Waals surface area contributed by atoms with Crippen molar-refractivity contribution in [3.63, 3.8) is 0 Å². The molecule has 0 unspecified atom stereocenters. The number of carbonyl (C=O) groups excluding carboxylic acids is 2. The van der Waals surface area contributed by atoms with Gasteiger partial charge in [0.2, 0.25) is 0 Å². The Labute approximate surface area is 131 Å². The second kappa shape index (κ2) is 6.68. The average Bonchev–Trinajstić information content (AvgIpc) is 2.93. The molecule has 1 aromatic rings. The van der Waals surface area contributed by atoms with Crippen LogP contribution in [0.4, 0.5) is 10.5 Å². The number of nitrogens with zero attached hydrogens (tertiary/aromatic N) is 2. The number of rotatable bonds is 3. The topological polar surface area (TPSA) is 61.9 Å². The molecule has 0 aromatic heterocycles. The van der Waals surface area contributed by atoms with Crippen LogP contribution in [0, 0.1) is 0 Å². The van der Waals surface area contributed by atoms with Gasteiger partial charge in [-0.2, -0.15) is 0 Å². The highest BCUT2D eigenvalue weighted by atomic mass is 16.6. The number of hydrogen-bond donors (Lipinski definition) is 1. The van der Waals surface area contributed by atoms with Crippen molar-refractivity contribution in [2.24, 2.45) is 0 Å². The Balaban J connectivity index is 1.90. The summed E-state index contributed by atoms with van der Waals surface area (Å²) in [6, 6.07) is 9.75. The Hall–Kier alpha value is -2.24. The zero-order valence-corrected chi connectivity index (χ0v) is 13.3. The summed E-state index contributed by atoms with van der Waals surface area (Å²) in [6.07, 6.45) is 0.332. The van der Waals surface area contributed by atoms with Gasteiger partial charge in [0, 0.05) is 13.1 Å². The molecule has 1 heterocycles. The van der Waals surface area contributed by atoms with Crippen LogP contribution in [0.3, 0.4) is 0 Å². The van der Waals surface area contributed by atoms with E-state index in [0.717, 1.165) is 18.7 Å². The molecule has 0 spiro atoms. The largest absolute Gasteiger partial charge is 0.444 e. The molecule has 2 rings (SSSR count). The summed E-state index contributed by atoms with van der Waals surface area (Å²) >= 11 is 0. The number of para-hydroxylation sites is 1. The van der Waals surface area contributed by atoms with Gasteiger partial charge in [0.25, 0.3) is 5.91 Å². The Morgan fingerprint density at radius 1 is 1.18 bits per heavy atom. The molecule has 1 aliphatic heterocycles. The molecular weight excluding hydrogens is 282 g/mol. The van der Waals surface area contributed by atoms with Crippen LogP contribution in [0.15, 0.2) is 30.3 Å². The first-order valence-corrected chi connectivity index (χ1v) is 7.46. The summed E-state index contributed by atoms with van der Waals surface area (Å²) < 4.78 is 5.13.